The van der Waals surface area contributed by atoms with Crippen LogP contribution < -0.4 is 10.1 Å². The zero-order valence-corrected chi connectivity index (χ0v) is 19.4. The fourth-order valence-electron chi connectivity index (χ4n) is 3.43. The van der Waals surface area contributed by atoms with Crippen molar-refractivity contribution in [2.75, 3.05) is 7.11 Å². The summed E-state index contributed by atoms with van der Waals surface area (Å²) < 4.78 is 62.2. The molecule has 0 saturated heterocycles. The smallest absolute Gasteiger partial charge is 0.416 e. The van der Waals surface area contributed by atoms with Crippen LogP contribution >= 0.6 is 0 Å². The normalized spacial score (nSPS) is 12.1. The second kappa shape index (κ2) is 11.1. The topological polar surface area (TPSA) is 84.9 Å². The van der Waals surface area contributed by atoms with E-state index >= 15 is 0 Å². The molecule has 0 aromatic heterocycles. The van der Waals surface area contributed by atoms with Crippen LogP contribution in [0.3, 0.4) is 0 Å². The number of alkyl halides is 3. The molecule has 0 aliphatic heterocycles. The lowest BCUT2D eigenvalue weighted by molar-refractivity contribution is -0.139. The number of carbonyl (C=O) groups excluding carboxylic acids is 1. The third kappa shape index (κ3) is 6.53. The Bertz CT molecular complexity index is 1260. The van der Waals surface area contributed by atoms with Crippen LogP contribution in [-0.2, 0) is 28.9 Å². The number of nitrogens with one attached hydrogen (secondary N) is 1. The van der Waals surface area contributed by atoms with Gasteiger partial charge in [-0.1, -0.05) is 36.4 Å². The molecular weight excluding hydrogens is 482 g/mol. The maximum atomic E-state index is 13.9. The highest BCUT2D eigenvalue weighted by Crippen LogP contribution is 2.31. The van der Waals surface area contributed by atoms with Crippen LogP contribution in [0.1, 0.15) is 35.1 Å². The van der Waals surface area contributed by atoms with Crippen LogP contribution in [0.4, 0.5) is 22.4 Å². The van der Waals surface area contributed by atoms with Gasteiger partial charge in [0, 0.05) is 17.7 Å². The van der Waals surface area contributed by atoms with Crippen molar-refractivity contribution in [1.82, 2.24) is 5.32 Å². The predicted octanol–water partition coefficient (Wildman–Crippen LogP) is 6.13. The molecule has 36 heavy (non-hydrogen) atoms. The molecule has 0 radical (unpaired) electrons. The Balaban J connectivity index is 1.68. The molecular formula is C26H23F4NO5. The number of methoxy groups -OCH3 is 1. The predicted molar refractivity (Wildman–Crippen MR) is 123 cm³/mol. The summed E-state index contributed by atoms with van der Waals surface area (Å²) in [5.41, 5.74) is 1.41. The Kier molecular flexibility index (Phi) is 8.18. The first-order valence-corrected chi connectivity index (χ1v) is 10.8. The van der Waals surface area contributed by atoms with Gasteiger partial charge in [-0.3, -0.25) is 4.79 Å². The summed E-state index contributed by atoms with van der Waals surface area (Å²) in [4.78, 5) is 23.4. The first-order valence-electron chi connectivity index (χ1n) is 10.8. The van der Waals surface area contributed by atoms with E-state index in [2.05, 4.69) is 5.32 Å². The molecule has 6 nitrogen and oxygen atoms in total. The number of hydrogen-bond acceptors (Lipinski definition) is 4. The second-order valence-electron chi connectivity index (χ2n) is 7.95. The summed E-state index contributed by atoms with van der Waals surface area (Å²) in [5, 5.41) is 11.8. The molecule has 1 amide bonds. The molecule has 0 bridgehead atoms. The van der Waals surface area contributed by atoms with E-state index in [-0.39, 0.29) is 12.1 Å². The third-order valence-electron chi connectivity index (χ3n) is 5.53. The Hall–Kier alpha value is -4.08. The molecule has 10 heteroatoms. The number of rotatable bonds is 8. The maximum absolute atomic E-state index is 13.9. The highest BCUT2D eigenvalue weighted by Gasteiger charge is 2.31. The Labute approximate surface area is 204 Å². The van der Waals surface area contributed by atoms with E-state index in [0.717, 1.165) is 17.2 Å². The molecule has 3 aromatic rings. The number of amides is 1. The standard InChI is InChI=1S/C26H23F4NO5/c1-15(24(32)33)16-4-3-5-17(10-16)18-7-9-23(35-2)20(11-18)13-31-25(34)36-14-19-6-8-21(12-22(19)27)26(28,29)30/h3-12,15H,13-14H2,1-2H3,(H,31,34)(H,32,33). The molecule has 0 saturated carbocycles. The number of halogens is 4. The number of benzene rings is 3. The van der Waals surface area contributed by atoms with Gasteiger partial charge in [-0.25, -0.2) is 9.18 Å². The monoisotopic (exact) mass is 505 g/mol. The summed E-state index contributed by atoms with van der Waals surface area (Å²) in [5.74, 6) is -2.29. The summed E-state index contributed by atoms with van der Waals surface area (Å²) in [6, 6.07) is 14.3. The SMILES string of the molecule is COc1ccc(-c2cccc(C(C)C(=O)O)c2)cc1CNC(=O)OCc1ccc(C(F)(F)F)cc1F. The quantitative estimate of drug-likeness (QED) is 0.360. The zero-order valence-electron chi connectivity index (χ0n) is 19.4. The summed E-state index contributed by atoms with van der Waals surface area (Å²) in [6.07, 6.45) is -5.58. The molecule has 0 aliphatic carbocycles. The van der Waals surface area contributed by atoms with Crippen molar-refractivity contribution in [2.24, 2.45) is 0 Å². The second-order valence-corrected chi connectivity index (χ2v) is 7.95. The number of aliphatic carboxylic acids is 1. The van der Waals surface area contributed by atoms with E-state index in [9.17, 15) is 32.3 Å². The number of carboxylic acid groups (broad SMARTS) is 1. The minimum Gasteiger partial charge on any atom is -0.496 e. The van der Waals surface area contributed by atoms with E-state index in [1.54, 1.807) is 43.3 Å². The van der Waals surface area contributed by atoms with Crippen LogP contribution in [0.15, 0.2) is 60.7 Å². The van der Waals surface area contributed by atoms with Crippen LogP contribution in [0.5, 0.6) is 5.75 Å². The van der Waals surface area contributed by atoms with Gasteiger partial charge < -0.3 is 19.9 Å². The van der Waals surface area contributed by atoms with Crippen LogP contribution in [0, 0.1) is 5.82 Å². The first kappa shape index (κ1) is 26.5. The van der Waals surface area contributed by atoms with Gasteiger partial charge in [0.2, 0.25) is 0 Å². The number of alkyl carbamates (subject to hydrolysis) is 1. The zero-order chi connectivity index (χ0) is 26.5. The van der Waals surface area contributed by atoms with Crippen molar-refractivity contribution in [2.45, 2.75) is 32.2 Å². The van der Waals surface area contributed by atoms with Crippen molar-refractivity contribution in [3.8, 4) is 16.9 Å². The molecule has 0 heterocycles. The van der Waals surface area contributed by atoms with Crippen molar-refractivity contribution >= 4 is 12.1 Å². The molecule has 0 fully saturated rings. The van der Waals surface area contributed by atoms with Crippen molar-refractivity contribution in [3.63, 3.8) is 0 Å². The molecule has 0 spiro atoms. The van der Waals surface area contributed by atoms with Gasteiger partial charge in [0.25, 0.3) is 0 Å². The van der Waals surface area contributed by atoms with E-state index < -0.39 is 42.1 Å². The summed E-state index contributed by atoms with van der Waals surface area (Å²) >= 11 is 0. The highest BCUT2D eigenvalue weighted by atomic mass is 19.4. The van der Waals surface area contributed by atoms with E-state index in [0.29, 0.717) is 29.0 Å². The molecule has 1 atom stereocenters. The minimum absolute atomic E-state index is 0.0173. The van der Waals surface area contributed by atoms with Crippen molar-refractivity contribution < 1.29 is 41.7 Å². The van der Waals surface area contributed by atoms with Gasteiger partial charge >= 0.3 is 18.2 Å². The lowest BCUT2D eigenvalue weighted by Gasteiger charge is -2.14. The fourth-order valence-corrected chi connectivity index (χ4v) is 3.43. The summed E-state index contributed by atoms with van der Waals surface area (Å²) in [6.45, 7) is 1.02. The van der Waals surface area contributed by atoms with E-state index in [1.807, 2.05) is 6.07 Å². The Morgan fingerprint density at radius 2 is 1.72 bits per heavy atom. The number of ether oxygens (including phenoxy) is 2. The van der Waals surface area contributed by atoms with E-state index in [4.69, 9.17) is 9.47 Å². The molecule has 0 aliphatic rings. The number of hydrogen-bond donors (Lipinski definition) is 2. The van der Waals surface area contributed by atoms with Crippen LogP contribution in [0.25, 0.3) is 11.1 Å². The van der Waals surface area contributed by atoms with Gasteiger partial charge in [-0.05, 0) is 47.9 Å². The van der Waals surface area contributed by atoms with Crippen LogP contribution in [0.2, 0.25) is 0 Å². The minimum atomic E-state index is -4.68. The number of carboxylic acids is 1. The Morgan fingerprint density at radius 3 is 2.36 bits per heavy atom. The fraction of sp³-hybridized carbons (Fsp3) is 0.231. The molecule has 3 rings (SSSR count). The maximum Gasteiger partial charge on any atom is 0.416 e. The molecule has 190 valence electrons. The first-order chi connectivity index (χ1) is 17.0. The van der Waals surface area contributed by atoms with Crippen molar-refractivity contribution in [1.29, 1.82) is 0 Å². The van der Waals surface area contributed by atoms with E-state index in [1.165, 1.54) is 7.11 Å². The Morgan fingerprint density at radius 1 is 1.00 bits per heavy atom. The lowest BCUT2D eigenvalue weighted by Crippen LogP contribution is -2.24. The van der Waals surface area contributed by atoms with Gasteiger partial charge in [0.05, 0.1) is 18.6 Å². The molecule has 1 unspecified atom stereocenters. The molecule has 2 N–H and O–H groups in total. The average Bonchev–Trinajstić information content (AvgIpc) is 2.85. The molecule has 3 aromatic carbocycles. The van der Waals surface area contributed by atoms with Crippen molar-refractivity contribution in [3.05, 3.63) is 88.7 Å². The highest BCUT2D eigenvalue weighted by molar-refractivity contribution is 5.77. The average molecular weight is 505 g/mol. The summed E-state index contributed by atoms with van der Waals surface area (Å²) in [7, 11) is 1.46. The number of carbonyl (C=O) groups is 2. The van der Waals surface area contributed by atoms with Crippen LogP contribution in [-0.4, -0.2) is 24.3 Å². The largest absolute Gasteiger partial charge is 0.496 e. The van der Waals surface area contributed by atoms with Gasteiger partial charge in [-0.2, -0.15) is 13.2 Å². The van der Waals surface area contributed by atoms with Gasteiger partial charge in [0.15, 0.2) is 0 Å². The third-order valence-corrected chi connectivity index (χ3v) is 5.53. The lowest BCUT2D eigenvalue weighted by atomic mass is 9.95. The van der Waals surface area contributed by atoms with Gasteiger partial charge in [-0.15, -0.1) is 0 Å². The van der Waals surface area contributed by atoms with Gasteiger partial charge in [0.1, 0.15) is 18.2 Å².